The lowest BCUT2D eigenvalue weighted by molar-refractivity contribution is -0.126. The normalized spacial score (nSPS) is 10.8. The van der Waals surface area contributed by atoms with Crippen molar-refractivity contribution in [3.63, 3.8) is 0 Å². The Morgan fingerprint density at radius 2 is 1.50 bits per heavy atom. The van der Waals surface area contributed by atoms with Gasteiger partial charge in [-0.2, -0.15) is 0 Å². The molecule has 0 saturated heterocycles. The van der Waals surface area contributed by atoms with E-state index >= 15 is 0 Å². The Balaban J connectivity index is 3.00. The number of nitrogens with two attached hydrogens (primary N) is 2. The average molecular weight is 148 g/mol. The van der Waals surface area contributed by atoms with Gasteiger partial charge in [0.05, 0.1) is 13.2 Å². The predicted molar refractivity (Wildman–Crippen MR) is 39.5 cm³/mol. The third kappa shape index (κ3) is 5.97. The van der Waals surface area contributed by atoms with Gasteiger partial charge in [0, 0.05) is 13.1 Å². The van der Waals surface area contributed by atoms with Gasteiger partial charge in [-0.15, -0.1) is 0 Å². The molecule has 0 aliphatic heterocycles. The number of rotatable bonds is 6. The second-order valence-corrected chi connectivity index (χ2v) is 1.89. The molecule has 0 radical (unpaired) electrons. The molecule has 0 spiro atoms. The molecule has 0 bridgehead atoms. The van der Waals surface area contributed by atoms with Gasteiger partial charge in [-0.3, -0.25) is 0 Å². The topological polar surface area (TPSA) is 70.5 Å². The van der Waals surface area contributed by atoms with Crippen LogP contribution in [0.15, 0.2) is 0 Å². The highest BCUT2D eigenvalue weighted by Crippen LogP contribution is 1.90. The summed E-state index contributed by atoms with van der Waals surface area (Å²) < 4.78 is 10.2. The third-order valence-corrected chi connectivity index (χ3v) is 0.941. The van der Waals surface area contributed by atoms with Crippen LogP contribution in [0.25, 0.3) is 0 Å². The molecular weight excluding hydrogens is 132 g/mol. The molecule has 0 aliphatic carbocycles. The molecule has 0 atom stereocenters. The molecule has 0 heterocycles. The van der Waals surface area contributed by atoms with E-state index in [2.05, 4.69) is 0 Å². The van der Waals surface area contributed by atoms with Crippen molar-refractivity contribution in [1.29, 1.82) is 0 Å². The van der Waals surface area contributed by atoms with Crippen LogP contribution in [0, 0.1) is 0 Å². The van der Waals surface area contributed by atoms with E-state index in [0.717, 1.165) is 0 Å². The van der Waals surface area contributed by atoms with Crippen molar-refractivity contribution < 1.29 is 9.47 Å². The summed E-state index contributed by atoms with van der Waals surface area (Å²) in [6, 6.07) is 0. The first-order valence-corrected chi connectivity index (χ1v) is 3.44. The standard InChI is InChI=1S/C6H16N2O2/c1-6(9-4-2-7)10-5-3-8/h6H,2-5,7-8H2,1H3. The summed E-state index contributed by atoms with van der Waals surface area (Å²) in [5, 5.41) is 0. The lowest BCUT2D eigenvalue weighted by Gasteiger charge is -2.11. The van der Waals surface area contributed by atoms with E-state index in [1.165, 1.54) is 0 Å². The highest BCUT2D eigenvalue weighted by atomic mass is 16.7. The minimum atomic E-state index is -0.188. The molecule has 4 N–H and O–H groups in total. The highest BCUT2D eigenvalue weighted by molar-refractivity contribution is 4.36. The molecule has 0 aromatic heterocycles. The van der Waals surface area contributed by atoms with E-state index in [4.69, 9.17) is 20.9 Å². The lowest BCUT2D eigenvalue weighted by Crippen LogP contribution is -2.21. The summed E-state index contributed by atoms with van der Waals surface area (Å²) in [7, 11) is 0. The van der Waals surface area contributed by atoms with Crippen molar-refractivity contribution in [1.82, 2.24) is 0 Å². The SMILES string of the molecule is CC(OCCN)OCCN. The van der Waals surface area contributed by atoms with Gasteiger partial charge in [0.1, 0.15) is 0 Å². The first-order chi connectivity index (χ1) is 4.81. The zero-order valence-corrected chi connectivity index (χ0v) is 6.38. The lowest BCUT2D eigenvalue weighted by atomic mass is 10.6. The fourth-order valence-electron chi connectivity index (χ4n) is 0.516. The average Bonchev–Trinajstić information content (AvgIpc) is 1.97. The molecule has 0 rings (SSSR count). The number of ether oxygens (including phenoxy) is 2. The maximum Gasteiger partial charge on any atom is 0.154 e. The smallest absolute Gasteiger partial charge is 0.154 e. The fraction of sp³-hybridized carbons (Fsp3) is 1.00. The summed E-state index contributed by atoms with van der Waals surface area (Å²) in [5.41, 5.74) is 10.4. The van der Waals surface area contributed by atoms with Gasteiger partial charge in [-0.1, -0.05) is 0 Å². The molecule has 0 saturated carbocycles. The Morgan fingerprint density at radius 1 is 1.10 bits per heavy atom. The van der Waals surface area contributed by atoms with Crippen LogP contribution in [0.5, 0.6) is 0 Å². The van der Waals surface area contributed by atoms with Crippen LogP contribution in [0.1, 0.15) is 6.92 Å². The molecule has 0 aromatic carbocycles. The molecule has 62 valence electrons. The van der Waals surface area contributed by atoms with Crippen molar-refractivity contribution in [2.24, 2.45) is 11.5 Å². The number of hydrogen-bond donors (Lipinski definition) is 2. The zero-order valence-electron chi connectivity index (χ0n) is 6.38. The van der Waals surface area contributed by atoms with Gasteiger partial charge in [0.2, 0.25) is 0 Å². The molecule has 10 heavy (non-hydrogen) atoms. The largest absolute Gasteiger partial charge is 0.352 e. The monoisotopic (exact) mass is 148 g/mol. The number of hydrogen-bond acceptors (Lipinski definition) is 4. The minimum absolute atomic E-state index is 0.188. The first kappa shape index (κ1) is 9.84. The maximum atomic E-state index is 5.20. The van der Waals surface area contributed by atoms with E-state index in [1.807, 2.05) is 6.92 Å². The molecule has 0 amide bonds. The van der Waals surface area contributed by atoms with Crippen LogP contribution in [0.4, 0.5) is 0 Å². The summed E-state index contributed by atoms with van der Waals surface area (Å²) in [4.78, 5) is 0. The van der Waals surface area contributed by atoms with Crippen molar-refractivity contribution in [3.05, 3.63) is 0 Å². The quantitative estimate of drug-likeness (QED) is 0.488. The summed E-state index contributed by atoms with van der Waals surface area (Å²) >= 11 is 0. The van der Waals surface area contributed by atoms with Crippen LogP contribution in [-0.2, 0) is 9.47 Å². The van der Waals surface area contributed by atoms with Gasteiger partial charge in [0.25, 0.3) is 0 Å². The van der Waals surface area contributed by atoms with E-state index in [9.17, 15) is 0 Å². The summed E-state index contributed by atoms with van der Waals surface area (Å²) in [6.45, 7) is 3.94. The van der Waals surface area contributed by atoms with Crippen molar-refractivity contribution >= 4 is 0 Å². The molecule has 4 heteroatoms. The Morgan fingerprint density at radius 3 is 1.80 bits per heavy atom. The zero-order chi connectivity index (χ0) is 7.82. The van der Waals surface area contributed by atoms with Crippen LogP contribution in [-0.4, -0.2) is 32.6 Å². The second kappa shape index (κ2) is 6.95. The van der Waals surface area contributed by atoms with Gasteiger partial charge < -0.3 is 20.9 Å². The van der Waals surface area contributed by atoms with Gasteiger partial charge in [0.15, 0.2) is 6.29 Å². The Bertz CT molecular complexity index is 62.8. The molecule has 0 aromatic rings. The highest BCUT2D eigenvalue weighted by Gasteiger charge is 1.98. The summed E-state index contributed by atoms with van der Waals surface area (Å²) in [6.07, 6.45) is -0.188. The van der Waals surface area contributed by atoms with Crippen molar-refractivity contribution in [2.75, 3.05) is 26.3 Å². The molecular formula is C6H16N2O2. The Kier molecular flexibility index (Phi) is 6.84. The van der Waals surface area contributed by atoms with E-state index in [0.29, 0.717) is 26.3 Å². The maximum absolute atomic E-state index is 5.20. The van der Waals surface area contributed by atoms with Gasteiger partial charge in [-0.25, -0.2) is 0 Å². The van der Waals surface area contributed by atoms with Crippen LogP contribution < -0.4 is 11.5 Å². The third-order valence-electron chi connectivity index (χ3n) is 0.941. The van der Waals surface area contributed by atoms with Gasteiger partial charge in [-0.05, 0) is 6.92 Å². The van der Waals surface area contributed by atoms with Crippen LogP contribution >= 0.6 is 0 Å². The predicted octanol–water partition coefficient (Wildman–Crippen LogP) is -0.717. The second-order valence-electron chi connectivity index (χ2n) is 1.89. The first-order valence-electron chi connectivity index (χ1n) is 3.44. The van der Waals surface area contributed by atoms with Crippen LogP contribution in [0.2, 0.25) is 0 Å². The van der Waals surface area contributed by atoms with E-state index in [1.54, 1.807) is 0 Å². The van der Waals surface area contributed by atoms with Gasteiger partial charge >= 0.3 is 0 Å². The molecule has 4 nitrogen and oxygen atoms in total. The molecule has 0 aliphatic rings. The fourth-order valence-corrected chi connectivity index (χ4v) is 0.516. The van der Waals surface area contributed by atoms with Crippen molar-refractivity contribution in [2.45, 2.75) is 13.2 Å². The minimum Gasteiger partial charge on any atom is -0.352 e. The Labute approximate surface area is 61.5 Å². The Hall–Kier alpha value is -0.160. The molecule has 0 fully saturated rings. The van der Waals surface area contributed by atoms with E-state index < -0.39 is 0 Å². The molecule has 0 unspecified atom stereocenters. The summed E-state index contributed by atoms with van der Waals surface area (Å²) in [5.74, 6) is 0. The van der Waals surface area contributed by atoms with E-state index in [-0.39, 0.29) is 6.29 Å². The van der Waals surface area contributed by atoms with Crippen LogP contribution in [0.3, 0.4) is 0 Å². The van der Waals surface area contributed by atoms with Crippen molar-refractivity contribution in [3.8, 4) is 0 Å².